The molecule has 0 atom stereocenters. The normalized spacial score (nSPS) is 11.3. The van der Waals surface area contributed by atoms with Crippen LogP contribution in [0.25, 0.3) is 0 Å². The molecule has 0 saturated carbocycles. The molecule has 1 aromatic rings. The molecule has 0 fully saturated rings. The van der Waals surface area contributed by atoms with Crippen LogP contribution < -0.4 is 5.32 Å². The number of carbonyl (C=O) groups excluding carboxylic acids is 1. The van der Waals surface area contributed by atoms with Gasteiger partial charge in [0.15, 0.2) is 0 Å². The summed E-state index contributed by atoms with van der Waals surface area (Å²) in [5.41, 5.74) is 0.382. The molecule has 0 aliphatic rings. The standard InChI is InChI=1S/C8H4Br2Cl3NO2/c9-4-1-3(2-5(10)6(4)15)14-7(16)8(11,12)13/h1-2,15H,(H,14,16). The van der Waals surface area contributed by atoms with Crippen molar-refractivity contribution in [3.05, 3.63) is 21.1 Å². The van der Waals surface area contributed by atoms with Crippen molar-refractivity contribution in [2.45, 2.75) is 3.79 Å². The number of phenolic OH excluding ortho intramolecular Hbond substituents is 1. The summed E-state index contributed by atoms with van der Waals surface area (Å²) in [4.78, 5) is 11.3. The Morgan fingerprint density at radius 1 is 1.25 bits per heavy atom. The van der Waals surface area contributed by atoms with Crippen LogP contribution in [-0.2, 0) is 4.79 Å². The number of anilines is 1. The zero-order valence-corrected chi connectivity index (χ0v) is 12.8. The van der Waals surface area contributed by atoms with Crippen molar-refractivity contribution in [1.29, 1.82) is 0 Å². The number of hydrogen-bond acceptors (Lipinski definition) is 2. The Kier molecular flexibility index (Phi) is 4.77. The molecule has 3 nitrogen and oxygen atoms in total. The van der Waals surface area contributed by atoms with E-state index in [1.807, 2.05) is 0 Å². The van der Waals surface area contributed by atoms with Crippen LogP contribution in [0.4, 0.5) is 5.69 Å². The molecule has 0 heterocycles. The number of benzene rings is 1. The Morgan fingerprint density at radius 2 is 1.69 bits per heavy atom. The molecule has 16 heavy (non-hydrogen) atoms. The predicted octanol–water partition coefficient (Wildman–Crippen LogP) is 4.23. The number of halogens is 5. The van der Waals surface area contributed by atoms with Gasteiger partial charge in [0.05, 0.1) is 8.95 Å². The number of amides is 1. The number of nitrogens with one attached hydrogen (secondary N) is 1. The summed E-state index contributed by atoms with van der Waals surface area (Å²) >= 11 is 22.4. The Bertz CT molecular complexity index is 411. The van der Waals surface area contributed by atoms with Crippen LogP contribution in [0.15, 0.2) is 21.1 Å². The highest BCUT2D eigenvalue weighted by Crippen LogP contribution is 2.36. The predicted molar refractivity (Wildman–Crippen MR) is 72.4 cm³/mol. The molecule has 0 saturated heterocycles. The van der Waals surface area contributed by atoms with Crippen LogP contribution >= 0.6 is 66.7 Å². The van der Waals surface area contributed by atoms with Crippen molar-refractivity contribution in [1.82, 2.24) is 0 Å². The molecule has 0 radical (unpaired) electrons. The Hall–Kier alpha value is 0.320. The van der Waals surface area contributed by atoms with E-state index in [4.69, 9.17) is 34.8 Å². The molecule has 0 aliphatic heterocycles. The minimum atomic E-state index is -2.03. The Morgan fingerprint density at radius 3 is 2.06 bits per heavy atom. The second kappa shape index (κ2) is 5.31. The maximum absolute atomic E-state index is 11.3. The number of aromatic hydroxyl groups is 1. The summed E-state index contributed by atoms with van der Waals surface area (Å²) in [5, 5.41) is 11.8. The maximum atomic E-state index is 11.3. The first-order chi connectivity index (χ1) is 7.21. The summed E-state index contributed by atoms with van der Waals surface area (Å²) in [6, 6.07) is 2.96. The van der Waals surface area contributed by atoms with Gasteiger partial charge in [0, 0.05) is 5.69 Å². The van der Waals surface area contributed by atoms with Crippen molar-refractivity contribution in [3.63, 3.8) is 0 Å². The van der Waals surface area contributed by atoms with Crippen LogP contribution in [0.5, 0.6) is 5.75 Å². The fourth-order valence-corrected chi connectivity index (χ4v) is 2.17. The minimum Gasteiger partial charge on any atom is -0.506 e. The second-order valence-corrected chi connectivity index (χ2v) is 6.73. The maximum Gasteiger partial charge on any atom is 0.276 e. The SMILES string of the molecule is O=C(Nc1cc(Br)c(O)c(Br)c1)C(Cl)(Cl)Cl. The van der Waals surface area contributed by atoms with Crippen molar-refractivity contribution in [2.75, 3.05) is 5.32 Å². The van der Waals surface area contributed by atoms with Gasteiger partial charge in [0.1, 0.15) is 5.75 Å². The van der Waals surface area contributed by atoms with Gasteiger partial charge in [-0.25, -0.2) is 0 Å². The number of carbonyl (C=O) groups is 1. The van der Waals surface area contributed by atoms with Crippen molar-refractivity contribution < 1.29 is 9.90 Å². The van der Waals surface area contributed by atoms with Gasteiger partial charge in [-0.2, -0.15) is 0 Å². The molecular weight excluding hydrogens is 408 g/mol. The minimum absolute atomic E-state index is 0.0203. The topological polar surface area (TPSA) is 49.3 Å². The van der Waals surface area contributed by atoms with Crippen LogP contribution in [0.1, 0.15) is 0 Å². The van der Waals surface area contributed by atoms with E-state index < -0.39 is 9.70 Å². The monoisotopic (exact) mass is 409 g/mol. The summed E-state index contributed by atoms with van der Waals surface area (Å²) in [6.07, 6.45) is 0. The molecule has 1 amide bonds. The van der Waals surface area contributed by atoms with Crippen molar-refractivity contribution >= 4 is 78.3 Å². The Balaban J connectivity index is 2.96. The third kappa shape index (κ3) is 3.67. The third-order valence-electron chi connectivity index (χ3n) is 1.53. The zero-order chi connectivity index (χ0) is 12.5. The van der Waals surface area contributed by atoms with E-state index in [0.717, 1.165) is 0 Å². The lowest BCUT2D eigenvalue weighted by atomic mass is 10.3. The molecule has 0 bridgehead atoms. The highest BCUT2D eigenvalue weighted by Gasteiger charge is 2.30. The van der Waals surface area contributed by atoms with Gasteiger partial charge in [0.2, 0.25) is 0 Å². The van der Waals surface area contributed by atoms with Crippen LogP contribution in [0, 0.1) is 0 Å². The average molecular weight is 412 g/mol. The molecular formula is C8H4Br2Cl3NO2. The van der Waals surface area contributed by atoms with E-state index in [-0.39, 0.29) is 5.75 Å². The first kappa shape index (κ1) is 14.4. The van der Waals surface area contributed by atoms with E-state index in [2.05, 4.69) is 37.2 Å². The highest BCUT2D eigenvalue weighted by atomic mass is 79.9. The number of alkyl halides is 3. The van der Waals surface area contributed by atoms with Gasteiger partial charge < -0.3 is 10.4 Å². The lowest BCUT2D eigenvalue weighted by molar-refractivity contribution is -0.115. The fraction of sp³-hybridized carbons (Fsp3) is 0.125. The molecule has 1 rings (SSSR count). The molecule has 2 N–H and O–H groups in total. The molecule has 1 aromatic carbocycles. The zero-order valence-electron chi connectivity index (χ0n) is 7.40. The van der Waals surface area contributed by atoms with Gasteiger partial charge in [-0.15, -0.1) is 0 Å². The van der Waals surface area contributed by atoms with Gasteiger partial charge >= 0.3 is 0 Å². The molecule has 88 valence electrons. The first-order valence-electron chi connectivity index (χ1n) is 3.78. The van der Waals surface area contributed by atoms with Crippen LogP contribution in [-0.4, -0.2) is 14.8 Å². The number of hydrogen-bond donors (Lipinski definition) is 2. The summed E-state index contributed by atoms with van der Waals surface area (Å²) in [6.45, 7) is 0. The van der Waals surface area contributed by atoms with E-state index in [9.17, 15) is 9.90 Å². The number of phenols is 1. The van der Waals surface area contributed by atoms with Crippen molar-refractivity contribution in [2.24, 2.45) is 0 Å². The van der Waals surface area contributed by atoms with Gasteiger partial charge in [-0.3, -0.25) is 4.79 Å². The molecule has 8 heteroatoms. The molecule has 0 aliphatic carbocycles. The Labute approximate surface area is 123 Å². The second-order valence-electron chi connectivity index (χ2n) is 2.74. The quantitative estimate of drug-likeness (QED) is 0.536. The summed E-state index contributed by atoms with van der Waals surface area (Å²) in [5.74, 6) is -0.756. The summed E-state index contributed by atoms with van der Waals surface area (Å²) in [7, 11) is 0. The fourth-order valence-electron chi connectivity index (χ4n) is 0.840. The lowest BCUT2D eigenvalue weighted by Gasteiger charge is -2.12. The van der Waals surface area contributed by atoms with E-state index in [1.54, 1.807) is 0 Å². The van der Waals surface area contributed by atoms with E-state index in [0.29, 0.717) is 14.6 Å². The van der Waals surface area contributed by atoms with Gasteiger partial charge in [-0.1, -0.05) is 34.8 Å². The lowest BCUT2D eigenvalue weighted by Crippen LogP contribution is -2.26. The molecule has 0 aromatic heterocycles. The summed E-state index contributed by atoms with van der Waals surface area (Å²) < 4.78 is -1.22. The average Bonchev–Trinajstić information content (AvgIpc) is 2.12. The van der Waals surface area contributed by atoms with Crippen molar-refractivity contribution in [3.8, 4) is 5.75 Å². The van der Waals surface area contributed by atoms with Gasteiger partial charge in [0.25, 0.3) is 9.70 Å². The number of rotatable bonds is 1. The largest absolute Gasteiger partial charge is 0.506 e. The van der Waals surface area contributed by atoms with Crippen LogP contribution in [0.2, 0.25) is 0 Å². The molecule has 0 spiro atoms. The first-order valence-corrected chi connectivity index (χ1v) is 6.50. The van der Waals surface area contributed by atoms with E-state index >= 15 is 0 Å². The smallest absolute Gasteiger partial charge is 0.276 e. The highest BCUT2D eigenvalue weighted by molar-refractivity contribution is 9.11. The van der Waals surface area contributed by atoms with Crippen LogP contribution in [0.3, 0.4) is 0 Å². The third-order valence-corrected chi connectivity index (χ3v) is 3.26. The molecule has 0 unspecified atom stereocenters. The van der Waals surface area contributed by atoms with E-state index in [1.165, 1.54) is 12.1 Å². The van der Waals surface area contributed by atoms with Gasteiger partial charge in [-0.05, 0) is 44.0 Å².